The van der Waals surface area contributed by atoms with Gasteiger partial charge < -0.3 is 9.64 Å². The van der Waals surface area contributed by atoms with Crippen LogP contribution in [-0.2, 0) is 6.61 Å². The van der Waals surface area contributed by atoms with Gasteiger partial charge in [-0.25, -0.2) is 0 Å². The molecule has 140 valence electrons. The Balaban J connectivity index is 2.02. The summed E-state index contributed by atoms with van der Waals surface area (Å²) in [7, 11) is 0. The number of amides is 1. The fourth-order valence-electron chi connectivity index (χ4n) is 2.92. The quantitative estimate of drug-likeness (QED) is 0.583. The van der Waals surface area contributed by atoms with Gasteiger partial charge in [0.25, 0.3) is 5.91 Å². The zero-order valence-corrected chi connectivity index (χ0v) is 16.5. The Labute approximate surface area is 158 Å². The van der Waals surface area contributed by atoms with Gasteiger partial charge in [0.2, 0.25) is 0 Å². The van der Waals surface area contributed by atoms with E-state index in [9.17, 15) is 4.79 Å². The molecular formula is C23H31NO2. The van der Waals surface area contributed by atoms with Gasteiger partial charge in [0, 0.05) is 18.7 Å². The van der Waals surface area contributed by atoms with Crippen LogP contribution in [0.4, 0.5) is 0 Å². The number of rotatable bonds is 9. The summed E-state index contributed by atoms with van der Waals surface area (Å²) in [6.45, 7) is 10.7. The Morgan fingerprint density at radius 1 is 1.00 bits per heavy atom. The Morgan fingerprint density at radius 3 is 2.23 bits per heavy atom. The SMILES string of the molecule is CCCN(CCC)C(=O)c1cccc(OCc2ccc(C(C)C)cc2)c1. The zero-order chi connectivity index (χ0) is 18.9. The monoisotopic (exact) mass is 353 g/mol. The molecule has 0 atom stereocenters. The van der Waals surface area contributed by atoms with Gasteiger partial charge in [0.1, 0.15) is 12.4 Å². The molecule has 0 fully saturated rings. The Morgan fingerprint density at radius 2 is 1.65 bits per heavy atom. The molecule has 0 radical (unpaired) electrons. The summed E-state index contributed by atoms with van der Waals surface area (Å²) in [6.07, 6.45) is 1.93. The second-order valence-corrected chi connectivity index (χ2v) is 7.00. The lowest BCUT2D eigenvalue weighted by molar-refractivity contribution is 0.0755. The van der Waals surface area contributed by atoms with Crippen LogP contribution in [0.5, 0.6) is 5.75 Å². The summed E-state index contributed by atoms with van der Waals surface area (Å²) in [5, 5.41) is 0. The molecule has 0 aliphatic heterocycles. The molecule has 0 N–H and O–H groups in total. The third-order valence-corrected chi connectivity index (χ3v) is 4.41. The van der Waals surface area contributed by atoms with E-state index in [2.05, 4.69) is 52.0 Å². The molecule has 0 spiro atoms. The minimum absolute atomic E-state index is 0.0837. The Bertz CT molecular complexity index is 686. The van der Waals surface area contributed by atoms with E-state index < -0.39 is 0 Å². The molecule has 3 heteroatoms. The summed E-state index contributed by atoms with van der Waals surface area (Å²) in [6, 6.07) is 16.0. The first-order valence-electron chi connectivity index (χ1n) is 9.66. The van der Waals surface area contributed by atoms with E-state index in [1.165, 1.54) is 5.56 Å². The molecular weight excluding hydrogens is 322 g/mol. The number of hydrogen-bond acceptors (Lipinski definition) is 2. The predicted octanol–water partition coefficient (Wildman–Crippen LogP) is 5.65. The molecule has 0 saturated carbocycles. The van der Waals surface area contributed by atoms with Crippen LogP contribution in [0.25, 0.3) is 0 Å². The van der Waals surface area contributed by atoms with Gasteiger partial charge in [0.05, 0.1) is 0 Å². The zero-order valence-electron chi connectivity index (χ0n) is 16.5. The normalized spacial score (nSPS) is 10.8. The van der Waals surface area contributed by atoms with Crippen molar-refractivity contribution >= 4 is 5.91 Å². The van der Waals surface area contributed by atoms with E-state index in [1.54, 1.807) is 0 Å². The van der Waals surface area contributed by atoms with Crippen LogP contribution in [0, 0.1) is 0 Å². The van der Waals surface area contributed by atoms with E-state index in [0.717, 1.165) is 37.2 Å². The first-order chi connectivity index (χ1) is 12.5. The van der Waals surface area contributed by atoms with E-state index in [0.29, 0.717) is 18.1 Å². The largest absolute Gasteiger partial charge is 0.489 e. The van der Waals surface area contributed by atoms with Gasteiger partial charge in [-0.3, -0.25) is 4.79 Å². The lowest BCUT2D eigenvalue weighted by Gasteiger charge is -2.21. The van der Waals surface area contributed by atoms with Crippen molar-refractivity contribution in [1.29, 1.82) is 0 Å². The molecule has 0 unspecified atom stereocenters. The van der Waals surface area contributed by atoms with Gasteiger partial charge in [0.15, 0.2) is 0 Å². The first kappa shape index (κ1) is 20.0. The lowest BCUT2D eigenvalue weighted by Crippen LogP contribution is -2.32. The highest BCUT2D eigenvalue weighted by atomic mass is 16.5. The van der Waals surface area contributed by atoms with Gasteiger partial charge in [-0.05, 0) is 48.1 Å². The summed E-state index contributed by atoms with van der Waals surface area (Å²) in [5.41, 5.74) is 3.15. The van der Waals surface area contributed by atoms with Gasteiger partial charge in [-0.2, -0.15) is 0 Å². The van der Waals surface area contributed by atoms with Crippen LogP contribution in [0.1, 0.15) is 67.9 Å². The molecule has 0 saturated heterocycles. The second-order valence-electron chi connectivity index (χ2n) is 7.00. The molecule has 0 aliphatic rings. The Kier molecular flexibility index (Phi) is 7.71. The van der Waals surface area contributed by atoms with Crippen molar-refractivity contribution in [3.63, 3.8) is 0 Å². The fourth-order valence-corrected chi connectivity index (χ4v) is 2.92. The van der Waals surface area contributed by atoms with Gasteiger partial charge >= 0.3 is 0 Å². The molecule has 0 bridgehead atoms. The van der Waals surface area contributed by atoms with Crippen LogP contribution in [0.2, 0.25) is 0 Å². The van der Waals surface area contributed by atoms with Crippen molar-refractivity contribution in [2.24, 2.45) is 0 Å². The minimum Gasteiger partial charge on any atom is -0.489 e. The van der Waals surface area contributed by atoms with Crippen molar-refractivity contribution in [3.05, 3.63) is 65.2 Å². The highest BCUT2D eigenvalue weighted by molar-refractivity contribution is 5.94. The van der Waals surface area contributed by atoms with Crippen LogP contribution >= 0.6 is 0 Å². The number of carbonyl (C=O) groups excluding carboxylic acids is 1. The van der Waals surface area contributed by atoms with E-state index >= 15 is 0 Å². The minimum atomic E-state index is 0.0837. The molecule has 2 rings (SSSR count). The summed E-state index contributed by atoms with van der Waals surface area (Å²) < 4.78 is 5.91. The second kappa shape index (κ2) is 10.0. The average molecular weight is 354 g/mol. The molecule has 0 aromatic heterocycles. The third-order valence-electron chi connectivity index (χ3n) is 4.41. The lowest BCUT2D eigenvalue weighted by atomic mass is 10.0. The van der Waals surface area contributed by atoms with Gasteiger partial charge in [-0.15, -0.1) is 0 Å². The number of benzene rings is 2. The molecule has 26 heavy (non-hydrogen) atoms. The van der Waals surface area contributed by atoms with Crippen molar-refractivity contribution in [2.75, 3.05) is 13.1 Å². The number of hydrogen-bond donors (Lipinski definition) is 0. The Hall–Kier alpha value is -2.29. The maximum Gasteiger partial charge on any atom is 0.253 e. The average Bonchev–Trinajstić information content (AvgIpc) is 2.66. The van der Waals surface area contributed by atoms with Crippen LogP contribution < -0.4 is 4.74 Å². The summed E-state index contributed by atoms with van der Waals surface area (Å²) in [4.78, 5) is 14.6. The van der Waals surface area contributed by atoms with Crippen molar-refractivity contribution in [1.82, 2.24) is 4.90 Å². The van der Waals surface area contributed by atoms with Crippen molar-refractivity contribution < 1.29 is 9.53 Å². The van der Waals surface area contributed by atoms with Gasteiger partial charge in [-0.1, -0.05) is 58.0 Å². The maximum atomic E-state index is 12.7. The number of ether oxygens (including phenoxy) is 1. The predicted molar refractivity (Wildman–Crippen MR) is 108 cm³/mol. The molecule has 0 heterocycles. The standard InChI is InChI=1S/C23H31NO2/c1-5-14-24(15-6-2)23(25)21-8-7-9-22(16-21)26-17-19-10-12-20(13-11-19)18(3)4/h7-13,16,18H,5-6,14-15,17H2,1-4H3. The third kappa shape index (κ3) is 5.62. The topological polar surface area (TPSA) is 29.5 Å². The molecule has 0 aliphatic carbocycles. The number of carbonyl (C=O) groups is 1. The first-order valence-corrected chi connectivity index (χ1v) is 9.66. The van der Waals surface area contributed by atoms with E-state index in [1.807, 2.05) is 29.2 Å². The molecule has 2 aromatic carbocycles. The van der Waals surface area contributed by atoms with E-state index in [-0.39, 0.29) is 5.91 Å². The van der Waals surface area contributed by atoms with Crippen LogP contribution in [0.3, 0.4) is 0 Å². The maximum absolute atomic E-state index is 12.7. The summed E-state index contributed by atoms with van der Waals surface area (Å²) in [5.74, 6) is 1.35. The molecule has 1 amide bonds. The van der Waals surface area contributed by atoms with E-state index in [4.69, 9.17) is 4.74 Å². The smallest absolute Gasteiger partial charge is 0.253 e. The highest BCUT2D eigenvalue weighted by Gasteiger charge is 2.14. The van der Waals surface area contributed by atoms with Crippen molar-refractivity contribution in [2.45, 2.75) is 53.1 Å². The summed E-state index contributed by atoms with van der Waals surface area (Å²) >= 11 is 0. The van der Waals surface area contributed by atoms with Crippen molar-refractivity contribution in [3.8, 4) is 5.75 Å². The number of nitrogens with zero attached hydrogens (tertiary/aromatic N) is 1. The highest BCUT2D eigenvalue weighted by Crippen LogP contribution is 2.19. The van der Waals surface area contributed by atoms with Crippen LogP contribution in [-0.4, -0.2) is 23.9 Å². The van der Waals surface area contributed by atoms with Crippen LogP contribution in [0.15, 0.2) is 48.5 Å². The fraction of sp³-hybridized carbons (Fsp3) is 0.435. The molecule has 3 nitrogen and oxygen atoms in total. The molecule has 2 aromatic rings.